The second kappa shape index (κ2) is 9.12. The van der Waals surface area contributed by atoms with Crippen LogP contribution in [-0.4, -0.2) is 31.7 Å². The molecule has 1 aromatic carbocycles. The minimum atomic E-state index is 0.548. The maximum absolute atomic E-state index is 5.33. The van der Waals surface area contributed by atoms with E-state index in [-0.39, 0.29) is 0 Å². The molecule has 0 aliphatic heterocycles. The van der Waals surface area contributed by atoms with Gasteiger partial charge in [0.25, 0.3) is 0 Å². The van der Waals surface area contributed by atoms with Crippen LogP contribution in [0.3, 0.4) is 0 Å². The van der Waals surface area contributed by atoms with Crippen molar-refractivity contribution in [1.29, 1.82) is 0 Å². The predicted molar refractivity (Wildman–Crippen MR) is 98.1 cm³/mol. The van der Waals surface area contributed by atoms with E-state index in [1.165, 1.54) is 4.88 Å². The molecule has 2 N–H and O–H groups in total. The lowest BCUT2D eigenvalue weighted by molar-refractivity contribution is 0.354. The molecule has 0 spiro atoms. The molecule has 0 fully saturated rings. The van der Waals surface area contributed by atoms with Gasteiger partial charge in [-0.15, -0.1) is 11.3 Å². The Balaban J connectivity index is 2.02. The van der Waals surface area contributed by atoms with E-state index in [9.17, 15) is 0 Å². The zero-order chi connectivity index (χ0) is 17.4. The van der Waals surface area contributed by atoms with E-state index in [1.807, 2.05) is 31.3 Å². The maximum atomic E-state index is 5.33. The van der Waals surface area contributed by atoms with Gasteiger partial charge in [0.2, 0.25) is 0 Å². The summed E-state index contributed by atoms with van der Waals surface area (Å²) >= 11 is 1.68. The van der Waals surface area contributed by atoms with Crippen LogP contribution < -0.4 is 20.1 Å². The van der Waals surface area contributed by atoms with Crippen LogP contribution in [0.15, 0.2) is 29.4 Å². The van der Waals surface area contributed by atoms with Gasteiger partial charge in [0.1, 0.15) is 5.01 Å². The summed E-state index contributed by atoms with van der Waals surface area (Å²) in [5.41, 5.74) is 1.05. The highest BCUT2D eigenvalue weighted by Crippen LogP contribution is 2.27. The first kappa shape index (κ1) is 18.1. The number of ether oxygens (including phenoxy) is 2. The summed E-state index contributed by atoms with van der Waals surface area (Å²) in [6, 6.07) is 5.82. The number of nitrogens with zero attached hydrogens (tertiary/aromatic N) is 2. The Morgan fingerprint density at radius 2 is 2.00 bits per heavy atom. The average molecular weight is 348 g/mol. The van der Waals surface area contributed by atoms with Crippen molar-refractivity contribution in [2.24, 2.45) is 4.99 Å². The maximum Gasteiger partial charge on any atom is 0.191 e. The number of thiazole rings is 1. The Labute approximate surface area is 146 Å². The average Bonchev–Trinajstić information content (AvgIpc) is 3.02. The molecule has 24 heavy (non-hydrogen) atoms. The van der Waals surface area contributed by atoms with Crippen LogP contribution in [0.2, 0.25) is 0 Å². The molecule has 1 aromatic heterocycles. The molecule has 2 aromatic rings. The summed E-state index contributed by atoms with van der Waals surface area (Å²) in [5, 5.41) is 7.59. The lowest BCUT2D eigenvalue weighted by Crippen LogP contribution is -2.36. The van der Waals surface area contributed by atoms with Gasteiger partial charge in [0.15, 0.2) is 17.5 Å². The topological polar surface area (TPSA) is 67.8 Å². The molecule has 130 valence electrons. The fraction of sp³-hybridized carbons (Fsp3) is 0.412. The van der Waals surface area contributed by atoms with Gasteiger partial charge < -0.3 is 20.1 Å². The highest BCUT2D eigenvalue weighted by molar-refractivity contribution is 7.11. The Hall–Kier alpha value is -2.28. The molecule has 0 saturated heterocycles. The van der Waals surface area contributed by atoms with Crippen molar-refractivity contribution in [3.63, 3.8) is 0 Å². The van der Waals surface area contributed by atoms with Gasteiger partial charge in [-0.2, -0.15) is 0 Å². The first-order chi connectivity index (χ1) is 11.7. The normalized spacial score (nSPS) is 11.2. The van der Waals surface area contributed by atoms with Crippen molar-refractivity contribution >= 4 is 17.3 Å². The van der Waals surface area contributed by atoms with Crippen LogP contribution in [0.5, 0.6) is 11.5 Å². The second-order valence-corrected chi connectivity index (χ2v) is 6.42. The Bertz CT molecular complexity index is 685. The number of guanidine groups is 1. The third-order valence-corrected chi connectivity index (χ3v) is 4.20. The van der Waals surface area contributed by atoms with Crippen LogP contribution in [0.4, 0.5) is 0 Å². The van der Waals surface area contributed by atoms with Crippen LogP contribution in [-0.2, 0) is 13.1 Å². The number of methoxy groups -OCH3 is 2. The summed E-state index contributed by atoms with van der Waals surface area (Å²) < 4.78 is 10.6. The molecule has 0 radical (unpaired) electrons. The smallest absolute Gasteiger partial charge is 0.191 e. The van der Waals surface area contributed by atoms with Crippen molar-refractivity contribution < 1.29 is 9.47 Å². The lowest BCUT2D eigenvalue weighted by Gasteiger charge is -2.11. The summed E-state index contributed by atoms with van der Waals surface area (Å²) in [7, 11) is 3.26. The summed E-state index contributed by atoms with van der Waals surface area (Å²) in [6.07, 6.45) is 1.88. The van der Waals surface area contributed by atoms with Crippen molar-refractivity contribution in [3.8, 4) is 11.5 Å². The monoisotopic (exact) mass is 348 g/mol. The predicted octanol–water partition coefficient (Wildman–Crippen LogP) is 2.72. The number of rotatable bonds is 7. The Morgan fingerprint density at radius 1 is 1.21 bits per heavy atom. The number of hydrogen-bond donors (Lipinski definition) is 2. The Kier molecular flexibility index (Phi) is 6.87. The number of aromatic nitrogens is 1. The van der Waals surface area contributed by atoms with E-state index in [4.69, 9.17) is 9.47 Å². The van der Waals surface area contributed by atoms with Gasteiger partial charge in [-0.1, -0.05) is 6.07 Å². The molecular weight excluding hydrogens is 324 g/mol. The molecule has 6 nitrogen and oxygen atoms in total. The van der Waals surface area contributed by atoms with Crippen LogP contribution in [0.25, 0.3) is 0 Å². The molecule has 0 atom stereocenters. The fourth-order valence-electron chi connectivity index (χ4n) is 2.13. The van der Waals surface area contributed by atoms with E-state index >= 15 is 0 Å². The minimum Gasteiger partial charge on any atom is -0.493 e. The number of nitrogens with one attached hydrogen (secondary N) is 2. The molecule has 1 heterocycles. The molecule has 0 amide bonds. The molecule has 2 rings (SSSR count). The summed E-state index contributed by atoms with van der Waals surface area (Å²) in [4.78, 5) is 10.2. The highest BCUT2D eigenvalue weighted by atomic mass is 32.1. The van der Waals surface area contributed by atoms with Gasteiger partial charge in [0.05, 0.1) is 27.3 Å². The van der Waals surface area contributed by atoms with Gasteiger partial charge in [-0.25, -0.2) is 9.98 Å². The Morgan fingerprint density at radius 3 is 2.62 bits per heavy atom. The zero-order valence-corrected chi connectivity index (χ0v) is 15.4. The van der Waals surface area contributed by atoms with Crippen molar-refractivity contribution in [2.75, 3.05) is 20.8 Å². The largest absolute Gasteiger partial charge is 0.493 e. The van der Waals surface area contributed by atoms with Crippen molar-refractivity contribution in [1.82, 2.24) is 15.6 Å². The van der Waals surface area contributed by atoms with Crippen LogP contribution >= 0.6 is 11.3 Å². The van der Waals surface area contributed by atoms with Gasteiger partial charge in [0, 0.05) is 17.6 Å². The lowest BCUT2D eigenvalue weighted by atomic mass is 10.2. The van der Waals surface area contributed by atoms with Crippen molar-refractivity contribution in [2.45, 2.75) is 26.9 Å². The first-order valence-corrected chi connectivity index (χ1v) is 8.62. The molecule has 0 aliphatic rings. The standard InChI is InChI=1S/C17H24N4O2S/c1-5-18-17(21-11-16-19-9-12(2)24-16)20-10-13-6-7-14(22-3)15(8-13)23-4/h6-9H,5,10-11H2,1-4H3,(H2,18,20,21). The molecule has 0 bridgehead atoms. The summed E-state index contributed by atoms with van der Waals surface area (Å²) in [6.45, 7) is 6.11. The van der Waals surface area contributed by atoms with Gasteiger partial charge in [-0.05, 0) is 31.5 Å². The molecule has 0 unspecified atom stereocenters. The summed E-state index contributed by atoms with van der Waals surface area (Å²) in [5.74, 6) is 2.19. The number of benzene rings is 1. The fourth-order valence-corrected chi connectivity index (χ4v) is 2.86. The van der Waals surface area contributed by atoms with Crippen LogP contribution in [0, 0.1) is 6.92 Å². The minimum absolute atomic E-state index is 0.548. The second-order valence-electron chi connectivity index (χ2n) is 5.10. The van der Waals surface area contributed by atoms with E-state index in [0.29, 0.717) is 18.8 Å². The third kappa shape index (κ3) is 5.13. The number of aryl methyl sites for hydroxylation is 1. The zero-order valence-electron chi connectivity index (χ0n) is 14.5. The van der Waals surface area contributed by atoms with Crippen LogP contribution in [0.1, 0.15) is 22.4 Å². The van der Waals surface area contributed by atoms with E-state index < -0.39 is 0 Å². The van der Waals surface area contributed by atoms with E-state index in [0.717, 1.165) is 28.8 Å². The van der Waals surface area contributed by atoms with Crippen molar-refractivity contribution in [3.05, 3.63) is 39.8 Å². The molecular formula is C17H24N4O2S. The molecule has 0 aliphatic carbocycles. The molecule has 7 heteroatoms. The third-order valence-electron chi connectivity index (χ3n) is 3.29. The first-order valence-electron chi connectivity index (χ1n) is 7.80. The SMILES string of the molecule is CCNC(=NCc1ccc(OC)c(OC)c1)NCc1ncc(C)s1. The number of hydrogen-bond acceptors (Lipinski definition) is 5. The van der Waals surface area contributed by atoms with Gasteiger partial charge in [-0.3, -0.25) is 0 Å². The quantitative estimate of drug-likeness (QED) is 0.595. The van der Waals surface area contributed by atoms with E-state index in [2.05, 4.69) is 27.5 Å². The molecule has 0 saturated carbocycles. The van der Waals surface area contributed by atoms with E-state index in [1.54, 1.807) is 25.6 Å². The number of aliphatic imine (C=N–C) groups is 1. The van der Waals surface area contributed by atoms with Gasteiger partial charge >= 0.3 is 0 Å². The highest BCUT2D eigenvalue weighted by Gasteiger charge is 2.05.